The summed E-state index contributed by atoms with van der Waals surface area (Å²) in [5.41, 5.74) is 0. The zero-order chi connectivity index (χ0) is 15.6. The Morgan fingerprint density at radius 3 is 2.65 bits per heavy atom. The molecule has 0 aromatic carbocycles. The normalized spacial score (nSPS) is 27.0. The molecule has 6 heteroatoms. The van der Waals surface area contributed by atoms with Gasteiger partial charge < -0.3 is 15.0 Å². The quantitative estimate of drug-likeness (QED) is 0.923. The molecule has 2 saturated heterocycles. The molecule has 0 spiro atoms. The number of hydrogen-bond acceptors (Lipinski definition) is 4. The van der Waals surface area contributed by atoms with E-state index in [0.29, 0.717) is 19.3 Å². The molecule has 1 saturated carbocycles. The van der Waals surface area contributed by atoms with E-state index in [9.17, 15) is 4.79 Å². The van der Waals surface area contributed by atoms with Crippen LogP contribution in [0.5, 0.6) is 0 Å². The maximum absolute atomic E-state index is 12.3. The van der Waals surface area contributed by atoms with Crippen molar-refractivity contribution in [1.82, 2.24) is 14.7 Å². The zero-order valence-electron chi connectivity index (χ0n) is 13.6. The number of aromatic nitrogens is 2. The van der Waals surface area contributed by atoms with Crippen LogP contribution in [0.15, 0.2) is 12.3 Å². The van der Waals surface area contributed by atoms with Gasteiger partial charge in [0.05, 0.1) is 24.8 Å². The second-order valence-electron chi connectivity index (χ2n) is 7.06. The van der Waals surface area contributed by atoms with Crippen LogP contribution in [0.4, 0.5) is 5.82 Å². The van der Waals surface area contributed by atoms with Gasteiger partial charge in [-0.05, 0) is 32.1 Å². The molecular weight excluding hydrogens is 292 g/mol. The van der Waals surface area contributed by atoms with E-state index in [-0.39, 0.29) is 11.8 Å². The molecule has 0 radical (unpaired) electrons. The fraction of sp³-hybridized carbons (Fsp3) is 0.765. The van der Waals surface area contributed by atoms with Gasteiger partial charge >= 0.3 is 0 Å². The predicted octanol–water partition coefficient (Wildman–Crippen LogP) is 2.05. The maximum atomic E-state index is 12.3. The fourth-order valence-electron chi connectivity index (χ4n) is 3.92. The molecule has 1 amide bonds. The van der Waals surface area contributed by atoms with Crippen molar-refractivity contribution in [1.29, 1.82) is 0 Å². The molecule has 3 heterocycles. The Bertz CT molecular complexity index is 541. The van der Waals surface area contributed by atoms with Crippen LogP contribution in [-0.2, 0) is 9.53 Å². The lowest BCUT2D eigenvalue weighted by molar-refractivity contribution is -0.119. The van der Waals surface area contributed by atoms with Crippen molar-refractivity contribution in [2.24, 2.45) is 5.92 Å². The minimum atomic E-state index is -0.0150. The molecule has 1 atom stereocenters. The van der Waals surface area contributed by atoms with Crippen molar-refractivity contribution in [2.45, 2.75) is 50.6 Å². The van der Waals surface area contributed by atoms with Gasteiger partial charge in [-0.1, -0.05) is 6.42 Å². The highest BCUT2D eigenvalue weighted by Gasteiger charge is 2.30. The molecule has 1 aliphatic carbocycles. The van der Waals surface area contributed by atoms with Gasteiger partial charge in [0.15, 0.2) is 0 Å². The van der Waals surface area contributed by atoms with E-state index in [2.05, 4.69) is 15.3 Å². The number of carbonyl (C=O) groups is 1. The Morgan fingerprint density at radius 2 is 2.00 bits per heavy atom. The third-order valence-electron chi connectivity index (χ3n) is 5.66. The Balaban J connectivity index is 1.36. The van der Waals surface area contributed by atoms with Crippen LogP contribution in [0.25, 0.3) is 0 Å². The van der Waals surface area contributed by atoms with Gasteiger partial charge in [-0.15, -0.1) is 0 Å². The van der Waals surface area contributed by atoms with Crippen molar-refractivity contribution in [3.63, 3.8) is 0 Å². The molecule has 4 rings (SSSR count). The number of nitrogens with one attached hydrogen (secondary N) is 1. The van der Waals surface area contributed by atoms with Gasteiger partial charge in [0.1, 0.15) is 5.82 Å². The first-order valence-electron chi connectivity index (χ1n) is 8.97. The van der Waals surface area contributed by atoms with Crippen molar-refractivity contribution < 1.29 is 9.53 Å². The molecule has 1 aromatic heterocycles. The van der Waals surface area contributed by atoms with Crippen LogP contribution in [0.2, 0.25) is 0 Å². The molecule has 1 N–H and O–H groups in total. The largest absolute Gasteiger partial charge is 0.381 e. The van der Waals surface area contributed by atoms with Gasteiger partial charge in [0.2, 0.25) is 5.91 Å². The monoisotopic (exact) mass is 318 g/mol. The summed E-state index contributed by atoms with van der Waals surface area (Å²) >= 11 is 0. The summed E-state index contributed by atoms with van der Waals surface area (Å²) in [5.74, 6) is 0.888. The Morgan fingerprint density at radius 1 is 1.17 bits per heavy atom. The summed E-state index contributed by atoms with van der Waals surface area (Å²) < 4.78 is 7.33. The molecule has 1 aromatic rings. The lowest BCUT2D eigenvalue weighted by Crippen LogP contribution is -2.45. The Labute approximate surface area is 137 Å². The SMILES string of the molecule is O=C(Nc1ccnn1C1CCN(C2CCC2)CC1)[C@@H]1CCOC1. The van der Waals surface area contributed by atoms with Crippen molar-refractivity contribution >= 4 is 11.7 Å². The first kappa shape index (κ1) is 15.1. The molecule has 0 bridgehead atoms. The van der Waals surface area contributed by atoms with Crippen LogP contribution in [-0.4, -0.2) is 52.9 Å². The first-order chi connectivity index (χ1) is 11.3. The van der Waals surface area contributed by atoms with Crippen LogP contribution in [0, 0.1) is 5.92 Å². The third kappa shape index (κ3) is 3.15. The molecule has 23 heavy (non-hydrogen) atoms. The number of ether oxygens (including phenoxy) is 1. The average Bonchev–Trinajstić information content (AvgIpc) is 3.17. The summed E-state index contributed by atoms with van der Waals surface area (Å²) in [6, 6.07) is 3.14. The van der Waals surface area contributed by atoms with Crippen LogP contribution in [0.3, 0.4) is 0 Å². The number of nitrogens with zero attached hydrogens (tertiary/aromatic N) is 3. The number of anilines is 1. The zero-order valence-corrected chi connectivity index (χ0v) is 13.6. The van der Waals surface area contributed by atoms with E-state index in [0.717, 1.165) is 44.2 Å². The molecular formula is C17H26N4O2. The van der Waals surface area contributed by atoms with Crippen LogP contribution >= 0.6 is 0 Å². The number of carbonyl (C=O) groups excluding carboxylic acids is 1. The van der Waals surface area contributed by atoms with Gasteiger partial charge in [0, 0.05) is 31.8 Å². The smallest absolute Gasteiger partial charge is 0.231 e. The first-order valence-corrected chi connectivity index (χ1v) is 8.97. The number of rotatable bonds is 4. The molecule has 3 fully saturated rings. The minimum absolute atomic E-state index is 0.0150. The number of amides is 1. The average molecular weight is 318 g/mol. The highest BCUT2D eigenvalue weighted by Crippen LogP contribution is 2.31. The number of hydrogen-bond donors (Lipinski definition) is 1. The van der Waals surface area contributed by atoms with Gasteiger partial charge in [-0.25, -0.2) is 4.68 Å². The highest BCUT2D eigenvalue weighted by atomic mass is 16.5. The standard InChI is InChI=1S/C17H26N4O2/c22-17(13-7-11-23-12-13)19-16-4-8-18-21(16)15-5-9-20(10-6-15)14-2-1-3-14/h4,8,13-15H,1-3,5-7,9-12H2,(H,19,22)/t13-/m1/s1. The molecule has 2 aliphatic heterocycles. The number of piperidine rings is 1. The summed E-state index contributed by atoms with van der Waals surface area (Å²) in [6.45, 7) is 3.54. The molecule has 6 nitrogen and oxygen atoms in total. The molecule has 3 aliphatic rings. The third-order valence-corrected chi connectivity index (χ3v) is 5.66. The summed E-state index contributed by atoms with van der Waals surface area (Å²) in [4.78, 5) is 14.9. The van der Waals surface area contributed by atoms with E-state index in [4.69, 9.17) is 4.74 Å². The maximum Gasteiger partial charge on any atom is 0.231 e. The summed E-state index contributed by atoms with van der Waals surface area (Å²) in [7, 11) is 0. The van der Waals surface area contributed by atoms with E-state index >= 15 is 0 Å². The second-order valence-corrected chi connectivity index (χ2v) is 7.06. The molecule has 126 valence electrons. The lowest BCUT2D eigenvalue weighted by Gasteiger charge is -2.41. The summed E-state index contributed by atoms with van der Waals surface area (Å²) in [6.07, 6.45) is 8.99. The Kier molecular flexibility index (Phi) is 4.35. The van der Waals surface area contributed by atoms with Crippen molar-refractivity contribution in [3.8, 4) is 0 Å². The fourth-order valence-corrected chi connectivity index (χ4v) is 3.92. The number of likely N-dealkylation sites (tertiary alicyclic amines) is 1. The topological polar surface area (TPSA) is 59.4 Å². The van der Waals surface area contributed by atoms with Gasteiger partial charge in [-0.2, -0.15) is 5.10 Å². The van der Waals surface area contributed by atoms with Crippen molar-refractivity contribution in [2.75, 3.05) is 31.6 Å². The van der Waals surface area contributed by atoms with Gasteiger partial charge in [0.25, 0.3) is 0 Å². The van der Waals surface area contributed by atoms with Crippen LogP contribution in [0.1, 0.15) is 44.6 Å². The van der Waals surface area contributed by atoms with Gasteiger partial charge in [-0.3, -0.25) is 4.79 Å². The molecule has 0 unspecified atom stereocenters. The van der Waals surface area contributed by atoms with E-state index in [1.807, 2.05) is 10.7 Å². The second kappa shape index (κ2) is 6.61. The lowest BCUT2D eigenvalue weighted by atomic mass is 9.89. The van der Waals surface area contributed by atoms with E-state index in [1.54, 1.807) is 6.20 Å². The Hall–Kier alpha value is -1.40. The van der Waals surface area contributed by atoms with E-state index in [1.165, 1.54) is 19.3 Å². The predicted molar refractivity (Wildman–Crippen MR) is 87.3 cm³/mol. The highest BCUT2D eigenvalue weighted by molar-refractivity contribution is 5.92. The summed E-state index contributed by atoms with van der Waals surface area (Å²) in [5, 5.41) is 7.53. The van der Waals surface area contributed by atoms with Crippen molar-refractivity contribution in [3.05, 3.63) is 12.3 Å². The van der Waals surface area contributed by atoms with Crippen LogP contribution < -0.4 is 5.32 Å². The minimum Gasteiger partial charge on any atom is -0.381 e. The van der Waals surface area contributed by atoms with E-state index < -0.39 is 0 Å².